The highest BCUT2D eigenvalue weighted by atomic mass is 79.9. The molecule has 156 valence electrons. The molecule has 0 aromatic heterocycles. The van der Waals surface area contributed by atoms with Crippen molar-refractivity contribution < 1.29 is 23.8 Å². The number of esters is 2. The lowest BCUT2D eigenvalue weighted by Crippen LogP contribution is -2.28. The van der Waals surface area contributed by atoms with Crippen LogP contribution in [0.25, 0.3) is 0 Å². The van der Waals surface area contributed by atoms with Crippen molar-refractivity contribution in [3.8, 4) is 5.75 Å². The maximum absolute atomic E-state index is 12.7. The normalized spacial score (nSPS) is 13.9. The molecule has 2 aromatic carbocycles. The molecular formula is C23H22BrNO5. The van der Waals surface area contributed by atoms with Gasteiger partial charge in [0.1, 0.15) is 5.75 Å². The minimum atomic E-state index is -0.618. The summed E-state index contributed by atoms with van der Waals surface area (Å²) in [4.78, 5) is 27.1. The molecule has 0 unspecified atom stereocenters. The Balaban J connectivity index is 2.06. The van der Waals surface area contributed by atoms with Gasteiger partial charge in [-0.2, -0.15) is 0 Å². The fourth-order valence-electron chi connectivity index (χ4n) is 3.37. The van der Waals surface area contributed by atoms with E-state index in [-0.39, 0.29) is 0 Å². The van der Waals surface area contributed by atoms with Crippen LogP contribution in [0, 0.1) is 0 Å². The van der Waals surface area contributed by atoms with Gasteiger partial charge < -0.3 is 19.1 Å². The Labute approximate surface area is 183 Å². The van der Waals surface area contributed by atoms with Gasteiger partial charge in [-0.05, 0) is 29.3 Å². The highest BCUT2D eigenvalue weighted by Crippen LogP contribution is 2.40. The van der Waals surface area contributed by atoms with Crippen molar-refractivity contribution in [1.82, 2.24) is 4.90 Å². The molecule has 0 saturated carbocycles. The second-order valence-electron chi connectivity index (χ2n) is 6.63. The van der Waals surface area contributed by atoms with E-state index in [1.165, 1.54) is 14.2 Å². The summed E-state index contributed by atoms with van der Waals surface area (Å²) in [6.07, 6.45) is 3.43. The summed E-state index contributed by atoms with van der Waals surface area (Å²) in [6.45, 7) is 0.452. The quantitative estimate of drug-likeness (QED) is 0.589. The van der Waals surface area contributed by atoms with Gasteiger partial charge in [0.25, 0.3) is 0 Å². The van der Waals surface area contributed by atoms with Crippen LogP contribution < -0.4 is 4.74 Å². The number of halogens is 1. The lowest BCUT2D eigenvalue weighted by Gasteiger charge is -2.30. The highest BCUT2D eigenvalue weighted by Gasteiger charge is 2.36. The molecule has 1 heterocycles. The van der Waals surface area contributed by atoms with Gasteiger partial charge in [-0.25, -0.2) is 9.59 Å². The van der Waals surface area contributed by atoms with Gasteiger partial charge in [-0.1, -0.05) is 46.3 Å². The van der Waals surface area contributed by atoms with Gasteiger partial charge in [0, 0.05) is 23.4 Å². The number of methoxy groups -OCH3 is 3. The summed E-state index contributed by atoms with van der Waals surface area (Å²) in [5.74, 6) is -0.884. The lowest BCUT2D eigenvalue weighted by molar-refractivity contribution is -0.137. The molecule has 3 rings (SSSR count). The summed E-state index contributed by atoms with van der Waals surface area (Å²) in [7, 11) is 4.26. The van der Waals surface area contributed by atoms with Crippen molar-refractivity contribution in [2.24, 2.45) is 0 Å². The SMILES string of the molecule is COC(=O)C1=CN(Cc2ccc(OC)cc2)C=C(C(=O)OC)C1c1ccccc1Br. The maximum atomic E-state index is 12.7. The first-order valence-corrected chi connectivity index (χ1v) is 10.0. The smallest absolute Gasteiger partial charge is 0.336 e. The number of carbonyl (C=O) groups excluding carboxylic acids is 2. The van der Waals surface area contributed by atoms with Gasteiger partial charge in [0.15, 0.2) is 0 Å². The van der Waals surface area contributed by atoms with Gasteiger partial charge in [0.2, 0.25) is 0 Å². The van der Waals surface area contributed by atoms with Crippen molar-refractivity contribution in [2.45, 2.75) is 12.5 Å². The van der Waals surface area contributed by atoms with Crippen LogP contribution in [0.4, 0.5) is 0 Å². The number of hydrogen-bond donors (Lipinski definition) is 0. The molecule has 6 nitrogen and oxygen atoms in total. The zero-order valence-electron chi connectivity index (χ0n) is 16.9. The van der Waals surface area contributed by atoms with Crippen molar-refractivity contribution in [1.29, 1.82) is 0 Å². The molecular weight excluding hydrogens is 450 g/mol. The van der Waals surface area contributed by atoms with Crippen LogP contribution >= 0.6 is 15.9 Å². The Kier molecular flexibility index (Phi) is 6.95. The Morgan fingerprint density at radius 2 is 1.47 bits per heavy atom. The fraction of sp³-hybridized carbons (Fsp3) is 0.217. The Hall–Kier alpha value is -3.06. The first-order chi connectivity index (χ1) is 14.5. The predicted octanol–water partition coefficient (Wildman–Crippen LogP) is 4.17. The summed E-state index contributed by atoms with van der Waals surface area (Å²) in [5, 5.41) is 0. The molecule has 0 amide bonds. The van der Waals surface area contributed by atoms with Gasteiger partial charge in [-0.15, -0.1) is 0 Å². The number of ether oxygens (including phenoxy) is 3. The number of hydrogen-bond acceptors (Lipinski definition) is 6. The van der Waals surface area contributed by atoms with E-state index in [9.17, 15) is 9.59 Å². The molecule has 2 aromatic rings. The van der Waals surface area contributed by atoms with E-state index >= 15 is 0 Å². The second-order valence-corrected chi connectivity index (χ2v) is 7.48. The maximum Gasteiger partial charge on any atom is 0.336 e. The molecule has 0 spiro atoms. The van der Waals surface area contributed by atoms with E-state index in [2.05, 4.69) is 15.9 Å². The fourth-order valence-corrected chi connectivity index (χ4v) is 3.88. The molecule has 0 atom stereocenters. The van der Waals surface area contributed by atoms with E-state index in [4.69, 9.17) is 14.2 Å². The van der Waals surface area contributed by atoms with Crippen molar-refractivity contribution in [2.75, 3.05) is 21.3 Å². The van der Waals surface area contributed by atoms with Crippen molar-refractivity contribution >= 4 is 27.9 Å². The third-order valence-corrected chi connectivity index (χ3v) is 5.54. The summed E-state index contributed by atoms with van der Waals surface area (Å²) in [5.41, 5.74) is 2.45. The van der Waals surface area contributed by atoms with E-state index in [0.29, 0.717) is 17.7 Å². The third kappa shape index (κ3) is 4.57. The number of carbonyl (C=O) groups is 2. The Morgan fingerprint density at radius 3 is 1.97 bits per heavy atom. The first-order valence-electron chi connectivity index (χ1n) is 9.21. The van der Waals surface area contributed by atoms with E-state index in [1.54, 1.807) is 24.4 Å². The molecule has 30 heavy (non-hydrogen) atoms. The van der Waals surface area contributed by atoms with Crippen LogP contribution in [0.1, 0.15) is 17.0 Å². The van der Waals surface area contributed by atoms with Crippen LogP contribution in [0.5, 0.6) is 5.75 Å². The van der Waals surface area contributed by atoms with Gasteiger partial charge in [-0.3, -0.25) is 0 Å². The lowest BCUT2D eigenvalue weighted by atomic mass is 9.83. The average Bonchev–Trinajstić information content (AvgIpc) is 2.78. The molecule has 1 aliphatic rings. The number of rotatable bonds is 6. The van der Waals surface area contributed by atoms with Crippen molar-refractivity contribution in [3.05, 3.63) is 87.7 Å². The summed E-state index contributed by atoms with van der Waals surface area (Å²) in [6, 6.07) is 15.0. The Morgan fingerprint density at radius 1 is 0.900 bits per heavy atom. The molecule has 0 N–H and O–H groups in total. The van der Waals surface area contributed by atoms with Crippen LogP contribution in [0.15, 0.2) is 76.5 Å². The molecule has 7 heteroatoms. The minimum absolute atomic E-state index is 0.348. The molecule has 0 saturated heterocycles. The highest BCUT2D eigenvalue weighted by molar-refractivity contribution is 9.10. The number of benzene rings is 2. The van der Waals surface area contributed by atoms with Crippen molar-refractivity contribution in [3.63, 3.8) is 0 Å². The average molecular weight is 472 g/mol. The zero-order chi connectivity index (χ0) is 21.7. The molecule has 0 bridgehead atoms. The summed E-state index contributed by atoms with van der Waals surface area (Å²) < 4.78 is 16.0. The molecule has 1 aliphatic heterocycles. The first kappa shape index (κ1) is 21.6. The largest absolute Gasteiger partial charge is 0.497 e. The van der Waals surface area contributed by atoms with E-state index < -0.39 is 17.9 Å². The third-order valence-electron chi connectivity index (χ3n) is 4.81. The zero-order valence-corrected chi connectivity index (χ0v) is 18.5. The van der Waals surface area contributed by atoms with Crippen LogP contribution in [0.3, 0.4) is 0 Å². The van der Waals surface area contributed by atoms with Gasteiger partial charge in [0.05, 0.1) is 38.4 Å². The standard InChI is InChI=1S/C23H22BrNO5/c1-28-16-10-8-15(9-11-16)12-25-13-18(22(26)29-2)21(19(14-25)23(27)30-3)17-6-4-5-7-20(17)24/h4-11,13-14,21H,12H2,1-3H3. The van der Waals surface area contributed by atoms with Crippen LogP contribution in [-0.4, -0.2) is 38.2 Å². The van der Waals surface area contributed by atoms with E-state index in [1.807, 2.05) is 48.5 Å². The summed E-state index contributed by atoms with van der Waals surface area (Å²) >= 11 is 3.53. The molecule has 0 radical (unpaired) electrons. The predicted molar refractivity (Wildman–Crippen MR) is 116 cm³/mol. The monoisotopic (exact) mass is 471 g/mol. The topological polar surface area (TPSA) is 65.1 Å². The number of nitrogens with zero attached hydrogens (tertiary/aromatic N) is 1. The molecule has 0 aliphatic carbocycles. The second kappa shape index (κ2) is 9.63. The van der Waals surface area contributed by atoms with Gasteiger partial charge >= 0.3 is 11.9 Å². The minimum Gasteiger partial charge on any atom is -0.497 e. The van der Waals surface area contributed by atoms with E-state index in [0.717, 1.165) is 21.3 Å². The Bertz CT molecular complexity index is 963. The van der Waals surface area contributed by atoms with Crippen LogP contribution in [-0.2, 0) is 25.6 Å². The van der Waals surface area contributed by atoms with Crippen LogP contribution in [0.2, 0.25) is 0 Å². The molecule has 0 fully saturated rings.